The van der Waals surface area contributed by atoms with Crippen LogP contribution in [0.1, 0.15) is 5.56 Å². The normalized spacial score (nSPS) is 10.5. The predicted molar refractivity (Wildman–Crippen MR) is 74.0 cm³/mol. The molecule has 0 spiro atoms. The van der Waals surface area contributed by atoms with Gasteiger partial charge in [0.1, 0.15) is 11.5 Å². The second-order valence-electron chi connectivity index (χ2n) is 4.28. The molecule has 0 bridgehead atoms. The van der Waals surface area contributed by atoms with Crippen LogP contribution in [0.15, 0.2) is 60.7 Å². The van der Waals surface area contributed by atoms with Crippen LogP contribution in [-0.4, -0.2) is 0 Å². The van der Waals surface area contributed by atoms with Gasteiger partial charge in [-0.25, -0.2) is 0 Å². The van der Waals surface area contributed by atoms with Crippen molar-refractivity contribution in [3.63, 3.8) is 0 Å². The van der Waals surface area contributed by atoms with Gasteiger partial charge in [-0.05, 0) is 35.4 Å². The smallest absolute Gasteiger partial charge is 0.136 e. The van der Waals surface area contributed by atoms with Gasteiger partial charge in [0.05, 0.1) is 0 Å². The summed E-state index contributed by atoms with van der Waals surface area (Å²) < 4.78 is 5.86. The minimum atomic E-state index is 0.753. The zero-order chi connectivity index (χ0) is 12.4. The number of hydrogen-bond donors (Lipinski definition) is 0. The molecular formula is C17H13O. The third kappa shape index (κ3) is 2.07. The summed E-state index contributed by atoms with van der Waals surface area (Å²) in [6.45, 7) is 2.04. The molecule has 0 aromatic heterocycles. The summed E-state index contributed by atoms with van der Waals surface area (Å²) in [5, 5.41) is 2.25. The highest BCUT2D eigenvalue weighted by Gasteiger charge is 2.01. The second-order valence-corrected chi connectivity index (χ2v) is 4.28. The first kappa shape index (κ1) is 10.8. The van der Waals surface area contributed by atoms with Crippen LogP contribution in [0.3, 0.4) is 0 Å². The molecule has 0 aliphatic carbocycles. The van der Waals surface area contributed by atoms with Crippen molar-refractivity contribution in [2.75, 3.05) is 0 Å². The molecule has 0 aliphatic heterocycles. The van der Waals surface area contributed by atoms with Gasteiger partial charge in [-0.3, -0.25) is 0 Å². The van der Waals surface area contributed by atoms with Crippen LogP contribution in [-0.2, 0) is 0 Å². The molecule has 0 saturated carbocycles. The van der Waals surface area contributed by atoms with E-state index in [1.807, 2.05) is 55.5 Å². The molecule has 18 heavy (non-hydrogen) atoms. The Balaban J connectivity index is 1.98. The molecule has 0 amide bonds. The van der Waals surface area contributed by atoms with Crippen molar-refractivity contribution >= 4 is 10.8 Å². The minimum Gasteiger partial charge on any atom is -0.456 e. The quantitative estimate of drug-likeness (QED) is 0.621. The molecule has 87 valence electrons. The SMILES string of the molecule is Cc1ccccc1Oc1[c]c2ccccc2cc1. The molecule has 0 heterocycles. The Labute approximate surface area is 107 Å². The van der Waals surface area contributed by atoms with Gasteiger partial charge in [-0.1, -0.05) is 48.5 Å². The second kappa shape index (κ2) is 4.53. The van der Waals surface area contributed by atoms with E-state index in [0.29, 0.717) is 0 Å². The third-order valence-electron chi connectivity index (χ3n) is 2.95. The topological polar surface area (TPSA) is 9.23 Å². The molecule has 0 fully saturated rings. The highest BCUT2D eigenvalue weighted by atomic mass is 16.5. The van der Waals surface area contributed by atoms with Crippen molar-refractivity contribution in [3.8, 4) is 11.5 Å². The van der Waals surface area contributed by atoms with E-state index in [-0.39, 0.29) is 0 Å². The maximum Gasteiger partial charge on any atom is 0.136 e. The number of hydrogen-bond acceptors (Lipinski definition) is 1. The molecular weight excluding hydrogens is 220 g/mol. The number of ether oxygens (including phenoxy) is 1. The Kier molecular flexibility index (Phi) is 2.73. The number of fused-ring (bicyclic) bond motifs is 1. The molecule has 1 heteroatoms. The molecule has 1 radical (unpaired) electrons. The standard InChI is InChI=1S/C17H13O/c1-13-6-2-5-9-17(13)18-16-11-10-14-7-3-4-8-15(14)12-16/h2-11H,1H3. The Hall–Kier alpha value is -2.28. The predicted octanol–water partition coefficient (Wildman–Crippen LogP) is 4.74. The Morgan fingerprint density at radius 3 is 2.50 bits per heavy atom. The fraction of sp³-hybridized carbons (Fsp3) is 0.0588. The van der Waals surface area contributed by atoms with E-state index in [2.05, 4.69) is 18.2 Å². The molecule has 3 aromatic rings. The average molecular weight is 233 g/mol. The van der Waals surface area contributed by atoms with Gasteiger partial charge in [0, 0.05) is 6.07 Å². The highest BCUT2D eigenvalue weighted by Crippen LogP contribution is 2.26. The van der Waals surface area contributed by atoms with Crippen molar-refractivity contribution in [1.29, 1.82) is 0 Å². The summed E-state index contributed by atoms with van der Waals surface area (Å²) in [5.41, 5.74) is 1.12. The summed E-state index contributed by atoms with van der Waals surface area (Å²) in [5.74, 6) is 1.63. The van der Waals surface area contributed by atoms with E-state index in [4.69, 9.17) is 4.74 Å². The summed E-state index contributed by atoms with van der Waals surface area (Å²) >= 11 is 0. The zero-order valence-corrected chi connectivity index (χ0v) is 10.2. The largest absolute Gasteiger partial charge is 0.456 e. The van der Waals surface area contributed by atoms with Crippen LogP contribution in [0.25, 0.3) is 10.8 Å². The molecule has 3 rings (SSSR count). The molecule has 0 saturated heterocycles. The molecule has 0 N–H and O–H groups in total. The number of rotatable bonds is 2. The van der Waals surface area contributed by atoms with Gasteiger partial charge in [-0.2, -0.15) is 0 Å². The molecule has 0 unspecified atom stereocenters. The van der Waals surface area contributed by atoms with Crippen molar-refractivity contribution in [1.82, 2.24) is 0 Å². The first-order chi connectivity index (χ1) is 8.83. The van der Waals surface area contributed by atoms with Crippen molar-refractivity contribution in [3.05, 3.63) is 72.3 Å². The van der Waals surface area contributed by atoms with Crippen LogP contribution in [0.2, 0.25) is 0 Å². The van der Waals surface area contributed by atoms with Crippen LogP contribution in [0.5, 0.6) is 11.5 Å². The maximum atomic E-state index is 5.86. The summed E-state index contributed by atoms with van der Waals surface area (Å²) in [4.78, 5) is 0. The fourth-order valence-electron chi connectivity index (χ4n) is 1.94. The van der Waals surface area contributed by atoms with E-state index in [9.17, 15) is 0 Å². The fourth-order valence-corrected chi connectivity index (χ4v) is 1.94. The lowest BCUT2D eigenvalue weighted by molar-refractivity contribution is 0.478. The monoisotopic (exact) mass is 233 g/mol. The van der Waals surface area contributed by atoms with E-state index < -0.39 is 0 Å². The summed E-state index contributed by atoms with van der Waals surface area (Å²) in [7, 11) is 0. The molecule has 3 aromatic carbocycles. The lowest BCUT2D eigenvalue weighted by atomic mass is 10.1. The number of aryl methyl sites for hydroxylation is 1. The van der Waals surface area contributed by atoms with E-state index in [1.165, 1.54) is 5.39 Å². The highest BCUT2D eigenvalue weighted by molar-refractivity contribution is 5.83. The molecule has 1 nitrogen and oxygen atoms in total. The summed E-state index contributed by atoms with van der Waals surface area (Å²) in [6, 6.07) is 23.4. The lowest BCUT2D eigenvalue weighted by Gasteiger charge is -2.08. The van der Waals surface area contributed by atoms with Crippen LogP contribution >= 0.6 is 0 Å². The van der Waals surface area contributed by atoms with Gasteiger partial charge in [0.2, 0.25) is 0 Å². The third-order valence-corrected chi connectivity index (χ3v) is 2.95. The maximum absolute atomic E-state index is 5.86. The Bertz CT molecular complexity index is 686. The van der Waals surface area contributed by atoms with Crippen molar-refractivity contribution in [2.45, 2.75) is 6.92 Å². The van der Waals surface area contributed by atoms with Gasteiger partial charge in [0.25, 0.3) is 0 Å². The van der Waals surface area contributed by atoms with E-state index >= 15 is 0 Å². The van der Waals surface area contributed by atoms with Crippen molar-refractivity contribution in [2.24, 2.45) is 0 Å². The zero-order valence-electron chi connectivity index (χ0n) is 10.2. The number of para-hydroxylation sites is 1. The van der Waals surface area contributed by atoms with Crippen LogP contribution in [0, 0.1) is 13.0 Å². The average Bonchev–Trinajstić information content (AvgIpc) is 2.41. The van der Waals surface area contributed by atoms with Gasteiger partial charge >= 0.3 is 0 Å². The van der Waals surface area contributed by atoms with Crippen molar-refractivity contribution < 1.29 is 4.74 Å². The first-order valence-corrected chi connectivity index (χ1v) is 5.97. The van der Waals surface area contributed by atoms with Crippen LogP contribution in [0.4, 0.5) is 0 Å². The Morgan fingerprint density at radius 1 is 0.833 bits per heavy atom. The Morgan fingerprint density at radius 2 is 1.61 bits per heavy atom. The minimum absolute atomic E-state index is 0.753. The lowest BCUT2D eigenvalue weighted by Crippen LogP contribution is -1.87. The van der Waals surface area contributed by atoms with Gasteiger partial charge < -0.3 is 4.74 Å². The van der Waals surface area contributed by atoms with Crippen LogP contribution < -0.4 is 4.74 Å². The van der Waals surface area contributed by atoms with E-state index in [0.717, 1.165) is 22.4 Å². The molecule has 0 aliphatic rings. The first-order valence-electron chi connectivity index (χ1n) is 5.97. The van der Waals surface area contributed by atoms with E-state index in [1.54, 1.807) is 0 Å². The van der Waals surface area contributed by atoms with Gasteiger partial charge in [0.15, 0.2) is 0 Å². The summed E-state index contributed by atoms with van der Waals surface area (Å²) in [6.07, 6.45) is 0. The van der Waals surface area contributed by atoms with Gasteiger partial charge in [-0.15, -0.1) is 0 Å². The number of benzene rings is 3. The molecule has 0 atom stereocenters.